The number of nitrogens with two attached hydrogens (primary N) is 2. The third-order valence-electron chi connectivity index (χ3n) is 3.28. The molecule has 1 aromatic carbocycles. The third kappa shape index (κ3) is 5.06. The minimum Gasteiger partial charge on any atom is -0.492 e. The number of hydrogen-bond acceptors (Lipinski definition) is 4. The molecule has 0 atom stereocenters. The van der Waals surface area contributed by atoms with Crippen LogP contribution in [0.5, 0.6) is 5.75 Å². The molecule has 0 saturated heterocycles. The quantitative estimate of drug-likeness (QED) is 0.646. The SMILES string of the molecule is NCCOc1cccc(N=C(N)SC2CCCCC2)c1. The van der Waals surface area contributed by atoms with Crippen LogP contribution < -0.4 is 16.2 Å². The lowest BCUT2D eigenvalue weighted by Crippen LogP contribution is -2.16. The average Bonchev–Trinajstić information content (AvgIpc) is 2.46. The van der Waals surface area contributed by atoms with Gasteiger partial charge in [-0.25, -0.2) is 4.99 Å². The van der Waals surface area contributed by atoms with Gasteiger partial charge in [-0.15, -0.1) is 0 Å². The molecular formula is C15H23N3OS. The molecule has 0 aromatic heterocycles. The smallest absolute Gasteiger partial charge is 0.159 e. The second-order valence-electron chi connectivity index (χ2n) is 4.96. The van der Waals surface area contributed by atoms with E-state index in [1.807, 2.05) is 24.3 Å². The maximum atomic E-state index is 6.04. The summed E-state index contributed by atoms with van der Waals surface area (Å²) >= 11 is 1.71. The largest absolute Gasteiger partial charge is 0.492 e. The molecule has 1 aromatic rings. The molecule has 1 aliphatic carbocycles. The fourth-order valence-electron chi connectivity index (χ4n) is 2.33. The van der Waals surface area contributed by atoms with Crippen LogP contribution in [0.2, 0.25) is 0 Å². The summed E-state index contributed by atoms with van der Waals surface area (Å²) in [6.07, 6.45) is 6.48. The Balaban J connectivity index is 1.94. The van der Waals surface area contributed by atoms with Gasteiger partial charge in [0, 0.05) is 17.9 Å². The van der Waals surface area contributed by atoms with Gasteiger partial charge in [0.15, 0.2) is 5.17 Å². The Hall–Kier alpha value is -1.20. The summed E-state index contributed by atoms with van der Waals surface area (Å²) in [5.41, 5.74) is 12.3. The molecule has 1 saturated carbocycles. The van der Waals surface area contributed by atoms with Crippen molar-refractivity contribution in [1.82, 2.24) is 0 Å². The van der Waals surface area contributed by atoms with Gasteiger partial charge in [0.25, 0.3) is 0 Å². The van der Waals surface area contributed by atoms with Gasteiger partial charge < -0.3 is 16.2 Å². The molecule has 4 N–H and O–H groups in total. The second-order valence-corrected chi connectivity index (χ2v) is 6.28. The number of benzene rings is 1. The zero-order valence-electron chi connectivity index (χ0n) is 11.8. The van der Waals surface area contributed by atoms with E-state index in [1.54, 1.807) is 11.8 Å². The predicted molar refractivity (Wildman–Crippen MR) is 86.7 cm³/mol. The molecule has 0 spiro atoms. The number of hydrogen-bond donors (Lipinski definition) is 2. The standard InChI is InChI=1S/C15H23N3OS/c16-9-10-19-13-6-4-5-12(11-13)18-15(17)20-14-7-2-1-3-8-14/h4-6,11,14H,1-3,7-10,16H2,(H2,17,18). The van der Waals surface area contributed by atoms with Crippen LogP contribution in [0.4, 0.5) is 5.69 Å². The van der Waals surface area contributed by atoms with Crippen molar-refractivity contribution in [3.05, 3.63) is 24.3 Å². The van der Waals surface area contributed by atoms with E-state index < -0.39 is 0 Å². The van der Waals surface area contributed by atoms with E-state index in [9.17, 15) is 0 Å². The van der Waals surface area contributed by atoms with Crippen molar-refractivity contribution >= 4 is 22.6 Å². The molecule has 5 heteroatoms. The number of rotatable bonds is 5. The average molecular weight is 293 g/mol. The molecule has 0 radical (unpaired) electrons. The lowest BCUT2D eigenvalue weighted by molar-refractivity contribution is 0.328. The molecule has 1 aliphatic rings. The highest BCUT2D eigenvalue weighted by molar-refractivity contribution is 8.14. The Morgan fingerprint density at radius 2 is 2.10 bits per heavy atom. The van der Waals surface area contributed by atoms with Crippen molar-refractivity contribution in [1.29, 1.82) is 0 Å². The first-order valence-corrected chi connectivity index (χ1v) is 8.09. The molecule has 0 heterocycles. The van der Waals surface area contributed by atoms with Crippen molar-refractivity contribution in [3.8, 4) is 5.75 Å². The van der Waals surface area contributed by atoms with Crippen LogP contribution in [0.3, 0.4) is 0 Å². The van der Waals surface area contributed by atoms with E-state index >= 15 is 0 Å². The van der Waals surface area contributed by atoms with Crippen LogP contribution in [-0.2, 0) is 0 Å². The highest BCUT2D eigenvalue weighted by Crippen LogP contribution is 2.29. The summed E-state index contributed by atoms with van der Waals surface area (Å²) in [6.45, 7) is 1.02. The normalized spacial score (nSPS) is 17.1. The zero-order chi connectivity index (χ0) is 14.2. The van der Waals surface area contributed by atoms with Crippen LogP contribution in [0.25, 0.3) is 0 Å². The van der Waals surface area contributed by atoms with Crippen molar-refractivity contribution in [2.24, 2.45) is 16.5 Å². The molecule has 0 aliphatic heterocycles. The van der Waals surface area contributed by atoms with E-state index in [4.69, 9.17) is 16.2 Å². The summed E-state index contributed by atoms with van der Waals surface area (Å²) in [5, 5.41) is 1.28. The van der Waals surface area contributed by atoms with Crippen molar-refractivity contribution < 1.29 is 4.74 Å². The highest BCUT2D eigenvalue weighted by atomic mass is 32.2. The molecule has 2 rings (SSSR count). The first kappa shape index (κ1) is 15.2. The summed E-state index contributed by atoms with van der Waals surface area (Å²) in [6, 6.07) is 7.65. The molecule has 4 nitrogen and oxygen atoms in total. The topological polar surface area (TPSA) is 73.6 Å². The van der Waals surface area contributed by atoms with Crippen molar-refractivity contribution in [3.63, 3.8) is 0 Å². The lowest BCUT2D eigenvalue weighted by atomic mass is 10.0. The van der Waals surface area contributed by atoms with E-state index in [0.29, 0.717) is 23.6 Å². The van der Waals surface area contributed by atoms with Crippen LogP contribution >= 0.6 is 11.8 Å². The van der Waals surface area contributed by atoms with Gasteiger partial charge in [-0.2, -0.15) is 0 Å². The van der Waals surface area contributed by atoms with E-state index in [0.717, 1.165) is 11.4 Å². The Morgan fingerprint density at radius 1 is 1.30 bits per heavy atom. The molecular weight excluding hydrogens is 270 g/mol. The summed E-state index contributed by atoms with van der Waals surface area (Å²) in [7, 11) is 0. The van der Waals surface area contributed by atoms with E-state index in [2.05, 4.69) is 4.99 Å². The van der Waals surface area contributed by atoms with Crippen LogP contribution in [0.15, 0.2) is 29.3 Å². The maximum absolute atomic E-state index is 6.04. The summed E-state index contributed by atoms with van der Waals surface area (Å²) in [4.78, 5) is 4.47. The Morgan fingerprint density at radius 3 is 2.85 bits per heavy atom. The Kier molecular flexibility index (Phi) is 6.21. The van der Waals surface area contributed by atoms with E-state index in [-0.39, 0.29) is 0 Å². The van der Waals surface area contributed by atoms with E-state index in [1.165, 1.54) is 32.1 Å². The number of aliphatic imine (C=N–C) groups is 1. The van der Waals surface area contributed by atoms with Gasteiger partial charge >= 0.3 is 0 Å². The maximum Gasteiger partial charge on any atom is 0.159 e. The van der Waals surface area contributed by atoms with Crippen LogP contribution in [0, 0.1) is 0 Å². The third-order valence-corrected chi connectivity index (χ3v) is 4.42. The first-order chi connectivity index (χ1) is 9.78. The minimum absolute atomic E-state index is 0.507. The molecule has 0 bridgehead atoms. The Bertz CT molecular complexity index is 444. The highest BCUT2D eigenvalue weighted by Gasteiger charge is 2.15. The first-order valence-electron chi connectivity index (χ1n) is 7.21. The molecule has 1 fully saturated rings. The molecule has 110 valence electrons. The second kappa shape index (κ2) is 8.17. The molecule has 20 heavy (non-hydrogen) atoms. The molecule has 0 amide bonds. The number of amidine groups is 1. The lowest BCUT2D eigenvalue weighted by Gasteiger charge is -2.20. The van der Waals surface area contributed by atoms with Gasteiger partial charge in [0.05, 0.1) is 5.69 Å². The van der Waals surface area contributed by atoms with Crippen LogP contribution in [-0.4, -0.2) is 23.6 Å². The van der Waals surface area contributed by atoms with Gasteiger partial charge in [0.1, 0.15) is 12.4 Å². The van der Waals surface area contributed by atoms with Crippen molar-refractivity contribution in [2.45, 2.75) is 37.4 Å². The Labute approximate surface area is 125 Å². The van der Waals surface area contributed by atoms with Crippen molar-refractivity contribution in [2.75, 3.05) is 13.2 Å². The molecule has 0 unspecified atom stereocenters. The van der Waals surface area contributed by atoms with Gasteiger partial charge in [-0.1, -0.05) is 37.1 Å². The van der Waals surface area contributed by atoms with Gasteiger partial charge in [-0.05, 0) is 25.0 Å². The summed E-state index contributed by atoms with van der Waals surface area (Å²) < 4.78 is 5.49. The zero-order valence-corrected chi connectivity index (χ0v) is 12.6. The fraction of sp³-hybridized carbons (Fsp3) is 0.533. The minimum atomic E-state index is 0.507. The monoisotopic (exact) mass is 293 g/mol. The predicted octanol–water partition coefficient (Wildman–Crippen LogP) is 3.04. The van der Waals surface area contributed by atoms with Gasteiger partial charge in [-0.3, -0.25) is 0 Å². The number of ether oxygens (including phenoxy) is 1. The summed E-state index contributed by atoms with van der Waals surface area (Å²) in [5.74, 6) is 0.784. The number of nitrogens with zero attached hydrogens (tertiary/aromatic N) is 1. The fourth-order valence-corrected chi connectivity index (χ4v) is 3.40. The van der Waals surface area contributed by atoms with Crippen LogP contribution in [0.1, 0.15) is 32.1 Å². The number of thioether (sulfide) groups is 1. The van der Waals surface area contributed by atoms with Gasteiger partial charge in [0.2, 0.25) is 0 Å².